The van der Waals surface area contributed by atoms with Crippen LogP contribution < -0.4 is 0 Å². The quantitative estimate of drug-likeness (QED) is 0.200. The molecule has 0 unspecified atom stereocenters. The lowest BCUT2D eigenvalue weighted by Crippen LogP contribution is -2.00. The van der Waals surface area contributed by atoms with E-state index >= 15 is 0 Å². The van der Waals surface area contributed by atoms with Crippen LogP contribution in [0.2, 0.25) is 0 Å². The largest absolute Gasteiger partial charge is 0.296 e. The van der Waals surface area contributed by atoms with Crippen molar-refractivity contribution in [1.82, 2.24) is 9.55 Å². The fourth-order valence-corrected chi connectivity index (χ4v) is 5.80. The van der Waals surface area contributed by atoms with Gasteiger partial charge in [0.15, 0.2) is 0 Å². The molecule has 8 rings (SSSR count). The Morgan fingerprint density at radius 3 is 1.69 bits per heavy atom. The van der Waals surface area contributed by atoms with Crippen LogP contribution in [-0.2, 0) is 0 Å². The molecule has 0 spiro atoms. The molecule has 0 fully saturated rings. The van der Waals surface area contributed by atoms with Gasteiger partial charge in [0, 0.05) is 5.56 Å². The molecule has 0 N–H and O–H groups in total. The van der Waals surface area contributed by atoms with Crippen LogP contribution in [0.1, 0.15) is 23.6 Å². The minimum Gasteiger partial charge on any atom is -0.296 e. The second kappa shape index (κ2) is 9.87. The van der Waals surface area contributed by atoms with E-state index in [-0.39, 0.29) is 49.4 Å². The predicted octanol–water partition coefficient (Wildman–Crippen LogP) is 10.6. The standard InChI is InChI=1S/C40H28N2/c1-27-41-36-24-12-14-26-38(36)42(27)37-25-13-11-23-35(37)40-33-21-9-7-19-31(33)39(32-20-8-10-22-34(32)40)30-18-6-5-17-29(30)28-15-3-2-4-16-28/h2-26H,1H3/i2D,3D,4D,7D,8D,9D,10D,15D,16D,19D,20D,21D,22D. The van der Waals surface area contributed by atoms with E-state index < -0.39 is 78.6 Å². The van der Waals surface area contributed by atoms with Crippen molar-refractivity contribution < 1.29 is 17.8 Å². The lowest BCUT2D eigenvalue weighted by atomic mass is 9.83. The molecule has 0 aliphatic rings. The SMILES string of the molecule is [2H]c1c([2H])c([2H])c(-c2ccccc2-c2c3c([2H])c([2H])c([2H])c([2H])c3c(-c3ccccc3-n3c(C)nc4ccccc43)c3c([2H])c([2H])c([2H])c([2H])c23)c([2H])c1[2H]. The van der Waals surface area contributed by atoms with Gasteiger partial charge < -0.3 is 0 Å². The lowest BCUT2D eigenvalue weighted by Gasteiger charge is -2.21. The molecule has 0 amide bonds. The molecule has 8 aromatic rings. The van der Waals surface area contributed by atoms with Crippen molar-refractivity contribution >= 4 is 32.6 Å². The maximum Gasteiger partial charge on any atom is 0.111 e. The van der Waals surface area contributed by atoms with Crippen LogP contribution in [0.25, 0.3) is 71.6 Å². The number of nitrogens with zero attached hydrogens (tertiary/aromatic N) is 2. The highest BCUT2D eigenvalue weighted by atomic mass is 15.1. The topological polar surface area (TPSA) is 17.8 Å². The number of hydrogen-bond acceptors (Lipinski definition) is 1. The lowest BCUT2D eigenvalue weighted by molar-refractivity contribution is 1.00. The fourth-order valence-electron chi connectivity index (χ4n) is 5.80. The van der Waals surface area contributed by atoms with E-state index in [1.165, 1.54) is 6.07 Å². The highest BCUT2D eigenvalue weighted by Crippen LogP contribution is 2.47. The summed E-state index contributed by atoms with van der Waals surface area (Å²) in [5.41, 5.74) is 2.60. The van der Waals surface area contributed by atoms with Gasteiger partial charge in [0.25, 0.3) is 0 Å². The highest BCUT2D eigenvalue weighted by molar-refractivity contribution is 6.23. The van der Waals surface area contributed by atoms with Crippen molar-refractivity contribution in [2.45, 2.75) is 6.92 Å². The molecule has 0 atom stereocenters. The van der Waals surface area contributed by atoms with Crippen molar-refractivity contribution in [2.24, 2.45) is 0 Å². The average Bonchev–Trinajstić information content (AvgIpc) is 3.53. The smallest absolute Gasteiger partial charge is 0.111 e. The van der Waals surface area contributed by atoms with Gasteiger partial charge in [0.1, 0.15) is 5.82 Å². The molecule has 0 saturated heterocycles. The van der Waals surface area contributed by atoms with Crippen molar-refractivity contribution in [3.63, 3.8) is 0 Å². The number of aryl methyl sites for hydroxylation is 1. The zero-order valence-electron chi connectivity index (χ0n) is 35.3. The number of imidazole rings is 1. The van der Waals surface area contributed by atoms with Crippen LogP contribution in [0.15, 0.2) is 151 Å². The van der Waals surface area contributed by atoms with Crippen molar-refractivity contribution in [3.05, 3.63) is 157 Å². The van der Waals surface area contributed by atoms with Crippen molar-refractivity contribution in [3.8, 4) is 39.1 Å². The van der Waals surface area contributed by atoms with E-state index in [1.54, 1.807) is 36.4 Å². The third-order valence-corrected chi connectivity index (χ3v) is 7.48. The summed E-state index contributed by atoms with van der Waals surface area (Å²) in [6, 6.07) is 13.9. The molecular formula is C40H28N2. The van der Waals surface area contributed by atoms with Gasteiger partial charge in [-0.25, -0.2) is 4.98 Å². The van der Waals surface area contributed by atoms with Gasteiger partial charge in [0.2, 0.25) is 0 Å². The number of para-hydroxylation sites is 3. The summed E-state index contributed by atoms with van der Waals surface area (Å²) < 4.78 is 118. The van der Waals surface area contributed by atoms with Gasteiger partial charge in [-0.15, -0.1) is 0 Å². The van der Waals surface area contributed by atoms with E-state index in [2.05, 4.69) is 0 Å². The Morgan fingerprint density at radius 2 is 1.02 bits per heavy atom. The van der Waals surface area contributed by atoms with Gasteiger partial charge in [-0.2, -0.15) is 0 Å². The summed E-state index contributed by atoms with van der Waals surface area (Å²) in [7, 11) is 0. The van der Waals surface area contributed by atoms with E-state index in [0.717, 1.165) is 5.52 Å². The minimum atomic E-state index is -0.598. The first kappa shape index (κ1) is 14.4. The van der Waals surface area contributed by atoms with Gasteiger partial charge in [-0.05, 0) is 74.5 Å². The molecule has 0 aliphatic carbocycles. The number of fused-ring (bicyclic) bond motifs is 3. The first-order valence-electron chi connectivity index (χ1n) is 19.9. The Morgan fingerprint density at radius 1 is 0.524 bits per heavy atom. The van der Waals surface area contributed by atoms with Crippen LogP contribution in [0, 0.1) is 6.92 Å². The molecule has 0 saturated carbocycles. The van der Waals surface area contributed by atoms with E-state index in [4.69, 9.17) is 17.3 Å². The molecule has 0 bridgehead atoms. The summed E-state index contributed by atoms with van der Waals surface area (Å²) in [6.07, 6.45) is 0. The molecular weight excluding hydrogens is 508 g/mol. The summed E-state index contributed by atoms with van der Waals surface area (Å²) in [5.74, 6) is 0.607. The van der Waals surface area contributed by atoms with Crippen molar-refractivity contribution in [1.29, 1.82) is 0 Å². The zero-order chi connectivity index (χ0) is 39.4. The van der Waals surface area contributed by atoms with Crippen LogP contribution >= 0.6 is 0 Å². The Balaban J connectivity index is 1.67. The summed E-state index contributed by atoms with van der Waals surface area (Å²) in [6.45, 7) is 1.82. The first-order valence-corrected chi connectivity index (χ1v) is 13.4. The monoisotopic (exact) mass is 549 g/mol. The normalized spacial score (nSPS) is 15.8. The van der Waals surface area contributed by atoms with Crippen molar-refractivity contribution in [2.75, 3.05) is 0 Å². The van der Waals surface area contributed by atoms with Gasteiger partial charge >= 0.3 is 0 Å². The third kappa shape index (κ3) is 3.77. The van der Waals surface area contributed by atoms with Gasteiger partial charge in [0.05, 0.1) is 34.5 Å². The second-order valence-electron chi connectivity index (χ2n) is 9.80. The summed E-state index contributed by atoms with van der Waals surface area (Å²) in [5, 5.41) is -0.187. The van der Waals surface area contributed by atoms with Crippen LogP contribution in [0.3, 0.4) is 0 Å². The number of aromatic nitrogens is 2. The number of hydrogen-bond donors (Lipinski definition) is 0. The minimum absolute atomic E-state index is 0.00287. The van der Waals surface area contributed by atoms with Crippen LogP contribution in [0.5, 0.6) is 0 Å². The van der Waals surface area contributed by atoms with Crippen LogP contribution in [-0.4, -0.2) is 9.55 Å². The van der Waals surface area contributed by atoms with E-state index in [9.17, 15) is 5.48 Å². The average molecular weight is 550 g/mol. The maximum absolute atomic E-state index is 9.42. The second-order valence-corrected chi connectivity index (χ2v) is 9.80. The third-order valence-electron chi connectivity index (χ3n) is 7.48. The van der Waals surface area contributed by atoms with Gasteiger partial charge in [-0.1, -0.05) is 133 Å². The Bertz CT molecular complexity index is 2880. The zero-order valence-corrected chi connectivity index (χ0v) is 22.3. The summed E-state index contributed by atoms with van der Waals surface area (Å²) in [4.78, 5) is 4.74. The van der Waals surface area contributed by atoms with E-state index in [0.29, 0.717) is 22.6 Å². The Labute approximate surface area is 263 Å². The molecule has 0 radical (unpaired) electrons. The fraction of sp³-hybridized carbons (Fsp3) is 0.0250. The van der Waals surface area contributed by atoms with Crippen LogP contribution in [0.4, 0.5) is 0 Å². The molecule has 7 aromatic carbocycles. The Hall–Kier alpha value is -5.47. The molecule has 1 heterocycles. The molecule has 42 heavy (non-hydrogen) atoms. The summed E-state index contributed by atoms with van der Waals surface area (Å²) >= 11 is 0. The molecule has 2 heteroatoms. The number of benzene rings is 7. The van der Waals surface area contributed by atoms with E-state index in [1.807, 2.05) is 41.8 Å². The van der Waals surface area contributed by atoms with Gasteiger partial charge in [-0.3, -0.25) is 4.57 Å². The first-order chi connectivity index (χ1) is 26.2. The molecule has 198 valence electrons. The predicted molar refractivity (Wildman–Crippen MR) is 177 cm³/mol. The molecule has 0 aliphatic heterocycles. The Kier molecular flexibility index (Phi) is 3.39. The highest BCUT2D eigenvalue weighted by Gasteiger charge is 2.21. The maximum atomic E-state index is 9.42. The molecule has 2 nitrogen and oxygen atoms in total. The molecule has 1 aromatic heterocycles. The number of rotatable bonds is 4.